The van der Waals surface area contributed by atoms with E-state index in [0.717, 1.165) is 5.69 Å². The molecule has 1 fully saturated rings. The van der Waals surface area contributed by atoms with Crippen molar-refractivity contribution in [1.82, 2.24) is 10.2 Å². The number of rotatable bonds is 4. The van der Waals surface area contributed by atoms with Gasteiger partial charge in [0.25, 0.3) is 0 Å². The molecule has 1 aliphatic heterocycles. The zero-order valence-electron chi connectivity index (χ0n) is 9.97. The van der Waals surface area contributed by atoms with Gasteiger partial charge >= 0.3 is 0 Å². The molecule has 1 aliphatic rings. The monoisotopic (exact) mass is 257 g/mol. The highest BCUT2D eigenvalue weighted by molar-refractivity contribution is 8.01. The summed E-state index contributed by atoms with van der Waals surface area (Å²) < 4.78 is 10.4. The highest BCUT2D eigenvalue weighted by atomic mass is 32.2. The van der Waals surface area contributed by atoms with Crippen molar-refractivity contribution >= 4 is 23.5 Å². The molecule has 7 heteroatoms. The van der Waals surface area contributed by atoms with Crippen LogP contribution >= 0.6 is 11.8 Å². The van der Waals surface area contributed by atoms with Crippen molar-refractivity contribution in [2.75, 3.05) is 24.9 Å². The van der Waals surface area contributed by atoms with Gasteiger partial charge in [-0.05, 0) is 6.92 Å². The number of aromatic nitrogens is 2. The Labute approximate surface area is 104 Å². The molecule has 0 saturated carbocycles. The number of anilines is 1. The van der Waals surface area contributed by atoms with E-state index in [9.17, 15) is 4.79 Å². The minimum absolute atomic E-state index is 0.0191. The summed E-state index contributed by atoms with van der Waals surface area (Å²) in [4.78, 5) is 13.5. The number of nitrogens with one attached hydrogen (secondary N) is 1. The minimum atomic E-state index is -0.455. The molecule has 0 radical (unpaired) electrons. The number of aromatic amines is 1. The number of hydrogen-bond acceptors (Lipinski definition) is 5. The standard InChI is InChI=1S/C10H15N3O3S/c1-6-4-7(12-11-6)13-8(14)5-17-9(13)10(15-2)16-3/h4,9-10H,5H2,1-3H3,(H,11,12). The summed E-state index contributed by atoms with van der Waals surface area (Å²) in [6.45, 7) is 1.89. The summed E-state index contributed by atoms with van der Waals surface area (Å²) in [6, 6.07) is 1.83. The second-order valence-corrected chi connectivity index (χ2v) is 4.82. The van der Waals surface area contributed by atoms with Crippen molar-refractivity contribution in [3.63, 3.8) is 0 Å². The summed E-state index contributed by atoms with van der Waals surface area (Å²) >= 11 is 1.49. The number of aryl methyl sites for hydroxylation is 1. The minimum Gasteiger partial charge on any atom is -0.353 e. The molecule has 6 nitrogen and oxygen atoms in total. The average Bonchev–Trinajstić information content (AvgIpc) is 2.87. The molecular weight excluding hydrogens is 242 g/mol. The number of amides is 1. The Morgan fingerprint density at radius 1 is 1.59 bits per heavy atom. The zero-order chi connectivity index (χ0) is 12.4. The molecule has 1 unspecified atom stereocenters. The number of ether oxygens (including phenoxy) is 2. The van der Waals surface area contributed by atoms with Crippen LogP contribution in [0.1, 0.15) is 5.69 Å². The summed E-state index contributed by atoms with van der Waals surface area (Å²) in [5.41, 5.74) is 0.912. The molecule has 1 saturated heterocycles. The molecule has 0 spiro atoms. The number of methoxy groups -OCH3 is 2. The lowest BCUT2D eigenvalue weighted by Gasteiger charge is -2.27. The van der Waals surface area contributed by atoms with Gasteiger partial charge in [-0.25, -0.2) is 0 Å². The maximum absolute atomic E-state index is 11.9. The molecule has 2 rings (SSSR count). The third-order valence-corrected chi connectivity index (χ3v) is 3.73. The molecule has 0 aliphatic carbocycles. The largest absolute Gasteiger partial charge is 0.353 e. The van der Waals surface area contributed by atoms with E-state index >= 15 is 0 Å². The van der Waals surface area contributed by atoms with Crippen LogP contribution in [-0.4, -0.2) is 47.7 Å². The molecule has 2 heterocycles. The predicted molar refractivity (Wildman–Crippen MR) is 64.9 cm³/mol. The molecule has 1 aromatic heterocycles. The lowest BCUT2D eigenvalue weighted by molar-refractivity contribution is -0.121. The van der Waals surface area contributed by atoms with E-state index < -0.39 is 6.29 Å². The van der Waals surface area contributed by atoms with Crippen LogP contribution in [0, 0.1) is 6.92 Å². The Balaban J connectivity index is 2.25. The fourth-order valence-corrected chi connectivity index (χ4v) is 2.96. The maximum Gasteiger partial charge on any atom is 0.239 e. The van der Waals surface area contributed by atoms with Crippen molar-refractivity contribution in [2.45, 2.75) is 18.6 Å². The fourth-order valence-electron chi connectivity index (χ4n) is 1.76. The molecule has 1 aromatic rings. The van der Waals surface area contributed by atoms with Crippen LogP contribution in [0.5, 0.6) is 0 Å². The van der Waals surface area contributed by atoms with Crippen molar-refractivity contribution in [2.24, 2.45) is 0 Å². The van der Waals surface area contributed by atoms with E-state index in [2.05, 4.69) is 10.2 Å². The molecule has 17 heavy (non-hydrogen) atoms. The van der Waals surface area contributed by atoms with Gasteiger partial charge in [0.15, 0.2) is 12.1 Å². The van der Waals surface area contributed by atoms with Crippen LogP contribution in [0.15, 0.2) is 6.07 Å². The van der Waals surface area contributed by atoms with Crippen molar-refractivity contribution in [3.8, 4) is 0 Å². The van der Waals surface area contributed by atoms with Crippen LogP contribution in [0.4, 0.5) is 5.82 Å². The second kappa shape index (κ2) is 5.07. The average molecular weight is 257 g/mol. The Kier molecular flexibility index (Phi) is 3.70. The number of hydrogen-bond donors (Lipinski definition) is 1. The highest BCUT2D eigenvalue weighted by Gasteiger charge is 2.39. The first-order chi connectivity index (χ1) is 8.17. The Morgan fingerprint density at radius 3 is 2.82 bits per heavy atom. The number of carbonyl (C=O) groups excluding carboxylic acids is 1. The van der Waals surface area contributed by atoms with Gasteiger partial charge in [0, 0.05) is 26.0 Å². The lowest BCUT2D eigenvalue weighted by atomic mass is 10.4. The number of carbonyl (C=O) groups is 1. The van der Waals surface area contributed by atoms with E-state index in [-0.39, 0.29) is 11.3 Å². The maximum atomic E-state index is 11.9. The number of nitrogens with zero attached hydrogens (tertiary/aromatic N) is 2. The van der Waals surface area contributed by atoms with Gasteiger partial charge in [0.2, 0.25) is 5.91 Å². The van der Waals surface area contributed by atoms with Gasteiger partial charge in [0.1, 0.15) is 5.37 Å². The second-order valence-electron chi connectivity index (χ2n) is 3.71. The van der Waals surface area contributed by atoms with Gasteiger partial charge in [-0.1, -0.05) is 0 Å². The van der Waals surface area contributed by atoms with Gasteiger partial charge in [-0.15, -0.1) is 11.8 Å². The van der Waals surface area contributed by atoms with Crippen LogP contribution in [0.25, 0.3) is 0 Å². The van der Waals surface area contributed by atoms with Gasteiger partial charge < -0.3 is 9.47 Å². The quantitative estimate of drug-likeness (QED) is 0.806. The predicted octanol–water partition coefficient (Wildman–Crippen LogP) is 0.743. The first-order valence-corrected chi connectivity index (χ1v) is 6.23. The van der Waals surface area contributed by atoms with Gasteiger partial charge in [-0.3, -0.25) is 14.8 Å². The summed E-state index contributed by atoms with van der Waals surface area (Å²) in [5, 5.41) is 6.74. The van der Waals surface area contributed by atoms with E-state index in [1.54, 1.807) is 19.1 Å². The SMILES string of the molecule is COC(OC)C1SCC(=O)N1c1cc(C)[nH]n1. The molecule has 0 aromatic carbocycles. The summed E-state index contributed by atoms with van der Waals surface area (Å²) in [7, 11) is 3.12. The van der Waals surface area contributed by atoms with E-state index in [1.165, 1.54) is 11.8 Å². The van der Waals surface area contributed by atoms with E-state index in [4.69, 9.17) is 9.47 Å². The van der Waals surface area contributed by atoms with E-state index in [0.29, 0.717) is 11.6 Å². The Hall–Kier alpha value is -1.05. The van der Waals surface area contributed by atoms with Gasteiger partial charge in [-0.2, -0.15) is 5.10 Å². The number of thioether (sulfide) groups is 1. The molecule has 1 atom stereocenters. The fraction of sp³-hybridized carbons (Fsp3) is 0.600. The van der Waals surface area contributed by atoms with Crippen LogP contribution in [0.3, 0.4) is 0 Å². The van der Waals surface area contributed by atoms with Gasteiger partial charge in [0.05, 0.1) is 5.75 Å². The van der Waals surface area contributed by atoms with Crippen molar-refractivity contribution < 1.29 is 14.3 Å². The summed E-state index contributed by atoms with van der Waals surface area (Å²) in [6.07, 6.45) is -0.455. The van der Waals surface area contributed by atoms with E-state index in [1.807, 2.05) is 13.0 Å². The number of H-pyrrole nitrogens is 1. The first-order valence-electron chi connectivity index (χ1n) is 5.18. The Morgan fingerprint density at radius 2 is 2.29 bits per heavy atom. The van der Waals surface area contributed by atoms with Crippen LogP contribution in [0.2, 0.25) is 0 Å². The normalized spacial score (nSPS) is 20.6. The third-order valence-electron chi connectivity index (χ3n) is 2.54. The topological polar surface area (TPSA) is 67.5 Å². The summed E-state index contributed by atoms with van der Waals surface area (Å²) in [5.74, 6) is 1.05. The van der Waals surface area contributed by atoms with Crippen LogP contribution in [-0.2, 0) is 14.3 Å². The first kappa shape index (κ1) is 12.4. The molecule has 94 valence electrons. The highest BCUT2D eigenvalue weighted by Crippen LogP contribution is 2.32. The third kappa shape index (κ3) is 2.31. The molecule has 1 amide bonds. The van der Waals surface area contributed by atoms with Crippen molar-refractivity contribution in [3.05, 3.63) is 11.8 Å². The molecule has 0 bridgehead atoms. The molecular formula is C10H15N3O3S. The lowest BCUT2D eigenvalue weighted by Crippen LogP contribution is -2.42. The van der Waals surface area contributed by atoms with Crippen molar-refractivity contribution in [1.29, 1.82) is 0 Å². The van der Waals surface area contributed by atoms with Crippen LogP contribution < -0.4 is 4.90 Å². The zero-order valence-corrected chi connectivity index (χ0v) is 10.8. The smallest absolute Gasteiger partial charge is 0.239 e. The Bertz CT molecular complexity index is 405. The molecule has 1 N–H and O–H groups in total.